The monoisotopic (exact) mass is 593 g/mol. The Hall–Kier alpha value is -4.11. The first-order valence-electron chi connectivity index (χ1n) is 16.2. The molecule has 2 amide bonds. The highest BCUT2D eigenvalue weighted by atomic mass is 16.2. The molecule has 1 aliphatic heterocycles. The van der Waals surface area contributed by atoms with Gasteiger partial charge < -0.3 is 15.1 Å². The number of aromatic nitrogens is 4. The summed E-state index contributed by atoms with van der Waals surface area (Å²) >= 11 is 0. The summed E-state index contributed by atoms with van der Waals surface area (Å²) in [6.07, 6.45) is 8.23. The molecule has 0 bridgehead atoms. The number of hydrogen-bond acceptors (Lipinski definition) is 6. The van der Waals surface area contributed by atoms with Gasteiger partial charge in [-0.25, -0.2) is 14.6 Å². The molecule has 2 aliphatic rings. The van der Waals surface area contributed by atoms with Gasteiger partial charge >= 0.3 is 0 Å². The lowest BCUT2D eigenvalue weighted by molar-refractivity contribution is -0.133. The maximum atomic E-state index is 13.8. The minimum atomic E-state index is 0.00831. The van der Waals surface area contributed by atoms with Crippen molar-refractivity contribution in [1.29, 1.82) is 0 Å². The number of carbonyl (C=O) groups is 2. The third-order valence-corrected chi connectivity index (χ3v) is 9.39. The number of amides is 2. The fraction of sp³-hybridized carbons (Fsp3) is 0.457. The number of carbonyl (C=O) groups excluding carboxylic acids is 2. The molecule has 0 spiro atoms. The molecule has 2 aromatic heterocycles. The predicted molar refractivity (Wildman–Crippen MR) is 173 cm³/mol. The summed E-state index contributed by atoms with van der Waals surface area (Å²) in [5.74, 6) is 2.10. The van der Waals surface area contributed by atoms with Crippen molar-refractivity contribution < 1.29 is 9.59 Å². The molecule has 230 valence electrons. The van der Waals surface area contributed by atoms with Crippen molar-refractivity contribution in [3.63, 3.8) is 0 Å². The van der Waals surface area contributed by atoms with E-state index in [4.69, 9.17) is 10.1 Å². The third-order valence-electron chi connectivity index (χ3n) is 9.39. The van der Waals surface area contributed by atoms with Crippen molar-refractivity contribution >= 4 is 28.4 Å². The number of hydrogen-bond donors (Lipinski definition) is 1. The number of pyridine rings is 1. The average Bonchev–Trinajstić information content (AvgIpc) is 3.72. The first-order valence-corrected chi connectivity index (χ1v) is 16.2. The van der Waals surface area contributed by atoms with Crippen LogP contribution in [0.25, 0.3) is 22.2 Å². The summed E-state index contributed by atoms with van der Waals surface area (Å²) in [6.45, 7) is 8.20. The van der Waals surface area contributed by atoms with Crippen LogP contribution < -0.4 is 5.32 Å². The Morgan fingerprint density at radius 2 is 1.77 bits per heavy atom. The summed E-state index contributed by atoms with van der Waals surface area (Å²) in [4.78, 5) is 40.3. The second-order valence-corrected chi connectivity index (χ2v) is 12.2. The minimum Gasteiger partial charge on any atom is -0.338 e. The third kappa shape index (κ3) is 6.83. The Kier molecular flexibility index (Phi) is 9.31. The average molecular weight is 594 g/mol. The van der Waals surface area contributed by atoms with Gasteiger partial charge in [0.1, 0.15) is 11.6 Å². The SMILES string of the molecule is CCN1CCC(C(=O)Nc2cc(-c3nc(C)n(CCN(C(=O)Cc4cccc5ccccc45)C4CCCC4)n3)ccn2)CC1. The van der Waals surface area contributed by atoms with Crippen LogP contribution in [0.1, 0.15) is 56.8 Å². The van der Waals surface area contributed by atoms with Crippen molar-refractivity contribution in [2.75, 3.05) is 31.5 Å². The summed E-state index contributed by atoms with van der Waals surface area (Å²) in [7, 11) is 0. The van der Waals surface area contributed by atoms with Crippen LogP contribution in [0.2, 0.25) is 0 Å². The lowest BCUT2D eigenvalue weighted by Crippen LogP contribution is -2.42. The first-order chi connectivity index (χ1) is 21.5. The van der Waals surface area contributed by atoms with Crippen molar-refractivity contribution in [1.82, 2.24) is 29.5 Å². The van der Waals surface area contributed by atoms with E-state index in [1.807, 2.05) is 41.9 Å². The second-order valence-electron chi connectivity index (χ2n) is 12.2. The van der Waals surface area contributed by atoms with Crippen LogP contribution in [-0.2, 0) is 22.6 Å². The smallest absolute Gasteiger partial charge is 0.228 e. The van der Waals surface area contributed by atoms with E-state index in [9.17, 15) is 9.59 Å². The van der Waals surface area contributed by atoms with Crippen LogP contribution in [0, 0.1) is 12.8 Å². The molecule has 2 fully saturated rings. The number of aryl methyl sites for hydroxylation is 1. The number of rotatable bonds is 10. The molecule has 2 aromatic carbocycles. The number of nitrogens with one attached hydrogen (secondary N) is 1. The number of nitrogens with zero attached hydrogens (tertiary/aromatic N) is 6. The number of anilines is 1. The van der Waals surface area contributed by atoms with E-state index in [1.165, 1.54) is 0 Å². The Morgan fingerprint density at radius 1 is 1.00 bits per heavy atom. The van der Waals surface area contributed by atoms with E-state index in [2.05, 4.69) is 51.3 Å². The van der Waals surface area contributed by atoms with Gasteiger partial charge in [0, 0.05) is 30.3 Å². The van der Waals surface area contributed by atoms with E-state index >= 15 is 0 Å². The van der Waals surface area contributed by atoms with E-state index in [0.29, 0.717) is 31.2 Å². The van der Waals surface area contributed by atoms with Crippen LogP contribution in [0.5, 0.6) is 0 Å². The van der Waals surface area contributed by atoms with E-state index < -0.39 is 0 Å². The molecular formula is C35H43N7O2. The maximum absolute atomic E-state index is 13.8. The van der Waals surface area contributed by atoms with E-state index in [0.717, 1.165) is 85.9 Å². The quantitative estimate of drug-likeness (QED) is 0.261. The zero-order valence-corrected chi connectivity index (χ0v) is 25.9. The zero-order chi connectivity index (χ0) is 30.5. The van der Waals surface area contributed by atoms with Gasteiger partial charge in [0.25, 0.3) is 0 Å². The Bertz CT molecular complexity index is 1600. The molecule has 4 aromatic rings. The highest BCUT2D eigenvalue weighted by Crippen LogP contribution is 2.26. The summed E-state index contributed by atoms with van der Waals surface area (Å²) < 4.78 is 1.89. The number of likely N-dealkylation sites (tertiary alicyclic amines) is 1. The summed E-state index contributed by atoms with van der Waals surface area (Å²) in [6, 6.07) is 18.5. The topological polar surface area (TPSA) is 96.2 Å². The maximum Gasteiger partial charge on any atom is 0.228 e. The van der Waals surface area contributed by atoms with Gasteiger partial charge in [-0.1, -0.05) is 62.2 Å². The van der Waals surface area contributed by atoms with Crippen LogP contribution in [0.15, 0.2) is 60.8 Å². The van der Waals surface area contributed by atoms with Gasteiger partial charge in [0.05, 0.1) is 13.0 Å². The molecule has 1 aliphatic carbocycles. The lowest BCUT2D eigenvalue weighted by atomic mass is 9.96. The summed E-state index contributed by atoms with van der Waals surface area (Å²) in [5, 5.41) is 10.1. The minimum absolute atomic E-state index is 0.00831. The van der Waals surface area contributed by atoms with Crippen LogP contribution in [0.3, 0.4) is 0 Å². The van der Waals surface area contributed by atoms with Crippen molar-refractivity contribution in [3.05, 3.63) is 72.2 Å². The Morgan fingerprint density at radius 3 is 2.57 bits per heavy atom. The van der Waals surface area contributed by atoms with Gasteiger partial charge in [0.2, 0.25) is 11.8 Å². The second kappa shape index (κ2) is 13.7. The lowest BCUT2D eigenvalue weighted by Gasteiger charge is -2.30. The van der Waals surface area contributed by atoms with Crippen molar-refractivity contribution in [3.8, 4) is 11.4 Å². The van der Waals surface area contributed by atoms with Gasteiger partial charge in [-0.05, 0) is 80.7 Å². The van der Waals surface area contributed by atoms with Gasteiger partial charge in [-0.15, -0.1) is 0 Å². The number of benzene rings is 2. The Balaban J connectivity index is 1.12. The van der Waals surface area contributed by atoms with Crippen LogP contribution >= 0.6 is 0 Å². The largest absolute Gasteiger partial charge is 0.338 e. The van der Waals surface area contributed by atoms with Gasteiger partial charge in [-0.3, -0.25) is 9.59 Å². The molecule has 0 atom stereocenters. The Labute approximate surface area is 259 Å². The van der Waals surface area contributed by atoms with Gasteiger partial charge in [0.15, 0.2) is 5.82 Å². The predicted octanol–water partition coefficient (Wildman–Crippen LogP) is 5.49. The number of piperidine rings is 1. The van der Waals surface area contributed by atoms with E-state index in [-0.39, 0.29) is 23.8 Å². The standard InChI is InChI=1S/C35H43N7O2/c1-3-40-19-16-27(17-20-40)35(44)38-32-23-29(15-18-36-32)34-37-25(2)42(39-34)22-21-41(30-12-5-6-13-30)33(43)24-28-11-8-10-26-9-4-7-14-31(26)28/h4,7-11,14-15,18,23,27,30H,3,5-6,12-13,16-17,19-22,24H2,1-2H3,(H,36,38,44). The highest BCUT2D eigenvalue weighted by molar-refractivity contribution is 5.92. The van der Waals surface area contributed by atoms with Crippen LogP contribution in [0.4, 0.5) is 5.82 Å². The molecule has 1 saturated carbocycles. The summed E-state index contributed by atoms with van der Waals surface area (Å²) in [5.41, 5.74) is 1.87. The van der Waals surface area contributed by atoms with E-state index in [1.54, 1.807) is 6.20 Å². The van der Waals surface area contributed by atoms with Crippen molar-refractivity contribution in [2.24, 2.45) is 5.92 Å². The molecule has 9 nitrogen and oxygen atoms in total. The molecule has 6 rings (SSSR count). The highest BCUT2D eigenvalue weighted by Gasteiger charge is 2.28. The molecule has 9 heteroatoms. The number of fused-ring (bicyclic) bond motifs is 1. The zero-order valence-electron chi connectivity index (χ0n) is 25.9. The van der Waals surface area contributed by atoms with Crippen LogP contribution in [-0.4, -0.2) is 73.6 Å². The van der Waals surface area contributed by atoms with Gasteiger partial charge in [-0.2, -0.15) is 5.10 Å². The van der Waals surface area contributed by atoms with Crippen molar-refractivity contribution in [2.45, 2.75) is 71.4 Å². The first kappa shape index (κ1) is 29.9. The molecule has 3 heterocycles. The normalized spacial score (nSPS) is 16.4. The fourth-order valence-corrected chi connectivity index (χ4v) is 6.77. The molecule has 1 N–H and O–H groups in total. The fourth-order valence-electron chi connectivity index (χ4n) is 6.77. The molecule has 44 heavy (non-hydrogen) atoms. The molecular weight excluding hydrogens is 550 g/mol. The molecule has 0 unspecified atom stereocenters. The molecule has 0 radical (unpaired) electrons. The molecule has 1 saturated heterocycles.